The third-order valence-corrected chi connectivity index (χ3v) is 3.15. The minimum atomic E-state index is -0.467. The Kier molecular flexibility index (Phi) is 3.96. The maximum absolute atomic E-state index is 11.0. The summed E-state index contributed by atoms with van der Waals surface area (Å²) in [7, 11) is 1.70. The Hall–Kier alpha value is -2.15. The molecule has 0 atom stereocenters. The van der Waals surface area contributed by atoms with E-state index in [1.807, 2.05) is 24.3 Å². The van der Waals surface area contributed by atoms with Crippen LogP contribution in [-0.4, -0.2) is 17.0 Å². The van der Waals surface area contributed by atoms with Crippen LogP contribution in [0.2, 0.25) is 0 Å². The highest BCUT2D eigenvalue weighted by molar-refractivity contribution is 9.10. The molecule has 2 N–H and O–H groups in total. The number of halogens is 1. The Morgan fingerprint density at radius 3 is 2.63 bits per heavy atom. The van der Waals surface area contributed by atoms with Gasteiger partial charge in [-0.3, -0.25) is 10.1 Å². The first-order chi connectivity index (χ1) is 9.11. The van der Waals surface area contributed by atoms with Crippen LogP contribution in [0.1, 0.15) is 0 Å². The van der Waals surface area contributed by atoms with Gasteiger partial charge in [0.1, 0.15) is 5.82 Å². The molecule has 0 unspecified atom stereocenters. The molecule has 0 bridgehead atoms. The van der Waals surface area contributed by atoms with E-state index in [2.05, 4.69) is 31.5 Å². The monoisotopic (exact) mass is 322 g/mol. The van der Waals surface area contributed by atoms with Gasteiger partial charge in [0.05, 0.1) is 10.6 Å². The first kappa shape index (κ1) is 13.3. The molecular weight excluding hydrogens is 312 g/mol. The second kappa shape index (κ2) is 5.66. The van der Waals surface area contributed by atoms with Crippen LogP contribution in [0.3, 0.4) is 0 Å². The lowest BCUT2D eigenvalue weighted by molar-refractivity contribution is -0.384. The Morgan fingerprint density at radius 1 is 1.26 bits per heavy atom. The van der Waals surface area contributed by atoms with Gasteiger partial charge in [0.15, 0.2) is 0 Å². The molecule has 0 aliphatic rings. The predicted molar refractivity (Wildman–Crippen MR) is 77.9 cm³/mol. The van der Waals surface area contributed by atoms with Gasteiger partial charge in [-0.25, -0.2) is 4.98 Å². The van der Waals surface area contributed by atoms with Crippen molar-refractivity contribution in [3.63, 3.8) is 0 Å². The largest absolute Gasteiger partial charge is 0.373 e. The van der Waals surface area contributed by atoms with E-state index in [-0.39, 0.29) is 11.5 Å². The molecule has 0 aliphatic carbocycles. The average molecular weight is 323 g/mol. The summed E-state index contributed by atoms with van der Waals surface area (Å²) >= 11 is 3.38. The number of nitrogens with one attached hydrogen (secondary N) is 2. The van der Waals surface area contributed by atoms with E-state index < -0.39 is 4.92 Å². The summed E-state index contributed by atoms with van der Waals surface area (Å²) in [6.45, 7) is 0. The van der Waals surface area contributed by atoms with Crippen LogP contribution >= 0.6 is 15.9 Å². The molecule has 0 fully saturated rings. The maximum Gasteiger partial charge on any atom is 0.311 e. The molecule has 98 valence electrons. The van der Waals surface area contributed by atoms with Crippen molar-refractivity contribution in [3.8, 4) is 0 Å². The molecule has 0 aliphatic heterocycles. The molecule has 0 saturated heterocycles. The highest BCUT2D eigenvalue weighted by Gasteiger charge is 2.16. The normalized spacial score (nSPS) is 10.0. The van der Waals surface area contributed by atoms with E-state index in [1.165, 1.54) is 6.07 Å². The lowest BCUT2D eigenvalue weighted by atomic mass is 10.3. The number of aromatic nitrogens is 1. The fourth-order valence-electron chi connectivity index (χ4n) is 1.52. The van der Waals surface area contributed by atoms with Gasteiger partial charge < -0.3 is 10.6 Å². The minimum absolute atomic E-state index is 0.0743. The van der Waals surface area contributed by atoms with Crippen LogP contribution in [0.4, 0.5) is 23.0 Å². The molecule has 19 heavy (non-hydrogen) atoms. The summed E-state index contributed by atoms with van der Waals surface area (Å²) in [6.07, 6.45) is 0. The molecule has 2 rings (SSSR count). The number of nitrogens with zero attached hydrogens (tertiary/aromatic N) is 2. The smallest absolute Gasteiger partial charge is 0.311 e. The molecule has 1 aromatic heterocycles. The van der Waals surface area contributed by atoms with Crippen molar-refractivity contribution in [1.82, 2.24) is 4.98 Å². The van der Waals surface area contributed by atoms with Gasteiger partial charge in [0, 0.05) is 17.6 Å². The van der Waals surface area contributed by atoms with Gasteiger partial charge in [-0.2, -0.15) is 0 Å². The van der Waals surface area contributed by atoms with Crippen molar-refractivity contribution in [2.45, 2.75) is 0 Å². The number of pyridine rings is 1. The van der Waals surface area contributed by atoms with Crippen LogP contribution in [0.5, 0.6) is 0 Å². The van der Waals surface area contributed by atoms with E-state index in [4.69, 9.17) is 0 Å². The van der Waals surface area contributed by atoms with Crippen LogP contribution in [0.25, 0.3) is 0 Å². The third-order valence-electron chi connectivity index (χ3n) is 2.45. The van der Waals surface area contributed by atoms with Gasteiger partial charge in [0.2, 0.25) is 5.82 Å². The maximum atomic E-state index is 11.0. The van der Waals surface area contributed by atoms with E-state index >= 15 is 0 Å². The van der Waals surface area contributed by atoms with Crippen LogP contribution in [0, 0.1) is 10.1 Å². The SMILES string of the molecule is CNc1ccc([N+](=O)[O-])c(Nc2ccccc2Br)n1. The van der Waals surface area contributed by atoms with E-state index in [0.717, 1.165) is 4.47 Å². The van der Waals surface area contributed by atoms with Gasteiger partial charge in [-0.05, 0) is 34.1 Å². The second-order valence-corrected chi connectivity index (χ2v) is 4.53. The van der Waals surface area contributed by atoms with Crippen LogP contribution < -0.4 is 10.6 Å². The summed E-state index contributed by atoms with van der Waals surface area (Å²) in [4.78, 5) is 14.7. The van der Waals surface area contributed by atoms with Crippen molar-refractivity contribution in [1.29, 1.82) is 0 Å². The first-order valence-electron chi connectivity index (χ1n) is 5.46. The number of hydrogen-bond acceptors (Lipinski definition) is 5. The molecule has 6 nitrogen and oxygen atoms in total. The molecule has 0 spiro atoms. The van der Waals surface area contributed by atoms with E-state index in [9.17, 15) is 10.1 Å². The zero-order valence-corrected chi connectivity index (χ0v) is 11.6. The third kappa shape index (κ3) is 3.00. The highest BCUT2D eigenvalue weighted by atomic mass is 79.9. The van der Waals surface area contributed by atoms with Gasteiger partial charge in [0.25, 0.3) is 0 Å². The number of anilines is 3. The Bertz CT molecular complexity index is 618. The molecule has 2 aromatic rings. The Labute approximate surface area is 118 Å². The van der Waals surface area contributed by atoms with Crippen molar-refractivity contribution in [3.05, 3.63) is 51.0 Å². The quantitative estimate of drug-likeness (QED) is 0.664. The number of benzene rings is 1. The topological polar surface area (TPSA) is 80.1 Å². The van der Waals surface area contributed by atoms with Gasteiger partial charge >= 0.3 is 5.69 Å². The fourth-order valence-corrected chi connectivity index (χ4v) is 1.90. The van der Waals surface area contributed by atoms with Crippen molar-refractivity contribution < 1.29 is 4.92 Å². The first-order valence-corrected chi connectivity index (χ1v) is 6.26. The number of para-hydroxylation sites is 1. The molecule has 0 radical (unpaired) electrons. The molecule has 0 amide bonds. The summed E-state index contributed by atoms with van der Waals surface area (Å²) in [5.74, 6) is 0.754. The number of rotatable bonds is 4. The van der Waals surface area contributed by atoms with E-state index in [0.29, 0.717) is 11.5 Å². The lowest BCUT2D eigenvalue weighted by Gasteiger charge is -2.09. The standard InChI is InChI=1S/C12H11BrN4O2/c1-14-11-7-6-10(17(18)19)12(16-11)15-9-5-3-2-4-8(9)13/h2-7H,1H3,(H2,14,15,16). The number of hydrogen-bond donors (Lipinski definition) is 2. The van der Waals surface area contributed by atoms with Crippen molar-refractivity contribution >= 4 is 38.9 Å². The molecule has 0 saturated carbocycles. The summed E-state index contributed by atoms with van der Waals surface area (Å²) in [5.41, 5.74) is 0.640. The average Bonchev–Trinajstić information content (AvgIpc) is 2.41. The second-order valence-electron chi connectivity index (χ2n) is 3.68. The van der Waals surface area contributed by atoms with Gasteiger partial charge in [-0.1, -0.05) is 12.1 Å². The van der Waals surface area contributed by atoms with Crippen LogP contribution in [0.15, 0.2) is 40.9 Å². The zero-order valence-electron chi connectivity index (χ0n) is 10.1. The summed E-state index contributed by atoms with van der Waals surface area (Å²) in [6, 6.07) is 10.3. The molecule has 1 heterocycles. The van der Waals surface area contributed by atoms with E-state index in [1.54, 1.807) is 13.1 Å². The zero-order chi connectivity index (χ0) is 13.8. The lowest BCUT2D eigenvalue weighted by Crippen LogP contribution is -2.02. The Morgan fingerprint density at radius 2 is 2.00 bits per heavy atom. The predicted octanol–water partition coefficient (Wildman–Crippen LogP) is 3.54. The Balaban J connectivity index is 2.43. The fraction of sp³-hybridized carbons (Fsp3) is 0.0833. The van der Waals surface area contributed by atoms with Crippen molar-refractivity contribution in [2.75, 3.05) is 17.7 Å². The van der Waals surface area contributed by atoms with Gasteiger partial charge in [-0.15, -0.1) is 0 Å². The molecule has 7 heteroatoms. The highest BCUT2D eigenvalue weighted by Crippen LogP contribution is 2.30. The minimum Gasteiger partial charge on any atom is -0.373 e. The molecule has 1 aromatic carbocycles. The van der Waals surface area contributed by atoms with Crippen LogP contribution in [-0.2, 0) is 0 Å². The molecular formula is C12H11BrN4O2. The number of nitro groups is 1. The summed E-state index contributed by atoms with van der Waals surface area (Å²) in [5, 5.41) is 16.8. The summed E-state index contributed by atoms with van der Waals surface area (Å²) < 4.78 is 0.806. The van der Waals surface area contributed by atoms with Crippen molar-refractivity contribution in [2.24, 2.45) is 0 Å².